The summed E-state index contributed by atoms with van der Waals surface area (Å²) in [5.74, 6) is 2.71. The minimum atomic E-state index is -0.218. The molecule has 1 rings (SSSR count). The second-order valence-corrected chi connectivity index (χ2v) is 5.97. The Hall–Kier alpha value is -2.55. The quantitative estimate of drug-likeness (QED) is 0.178. The van der Waals surface area contributed by atoms with Crippen LogP contribution in [0.15, 0.2) is 64.8 Å². The Morgan fingerprint density at radius 2 is 2.28 bits per heavy atom. The number of rotatable bonds is 9. The Balaban J connectivity index is 3.08. The second-order valence-electron chi connectivity index (χ2n) is 5.03. The molecule has 0 fully saturated rings. The van der Waals surface area contributed by atoms with Crippen LogP contribution in [0.3, 0.4) is 0 Å². The summed E-state index contributed by atoms with van der Waals surface area (Å²) in [6.07, 6.45) is 16.7. The normalized spacial score (nSPS) is 13.8. The molecule has 0 aromatic heterocycles. The van der Waals surface area contributed by atoms with Crippen LogP contribution in [0.2, 0.25) is 0 Å². The highest BCUT2D eigenvalue weighted by molar-refractivity contribution is 7.99. The van der Waals surface area contributed by atoms with E-state index in [0.29, 0.717) is 18.5 Å². The van der Waals surface area contributed by atoms with E-state index in [4.69, 9.17) is 12.2 Å². The first-order valence-electron chi connectivity index (χ1n) is 7.73. The first-order chi connectivity index (χ1) is 12.2. The number of thioether (sulfide) groups is 1. The van der Waals surface area contributed by atoms with Crippen LogP contribution in [0.5, 0.6) is 0 Å². The molecule has 0 saturated heterocycles. The molecule has 5 heteroatoms. The monoisotopic (exact) mass is 353 g/mol. The van der Waals surface area contributed by atoms with Gasteiger partial charge in [-0.25, -0.2) is 4.99 Å². The Kier molecular flexibility index (Phi) is 9.76. The Morgan fingerprint density at radius 3 is 2.88 bits per heavy atom. The van der Waals surface area contributed by atoms with Crippen LogP contribution in [0.4, 0.5) is 5.69 Å². The standard InChI is InChI=1S/C20H23N3OS/c1-4-20(25-3)18(10-5-6-12-21)19(11-13-24)23-15-22-17-9-7-8-16(2)14-17/h1,5-11,13-15,20H,12,21H2,2-3H3,(H,22,23)/b6-5?,18-10-,19-11-. The molecule has 0 aliphatic rings. The average Bonchev–Trinajstić information content (AvgIpc) is 2.61. The number of allylic oxidation sites excluding steroid dienone is 4. The zero-order valence-corrected chi connectivity index (χ0v) is 15.3. The lowest BCUT2D eigenvalue weighted by Gasteiger charge is -2.13. The van der Waals surface area contributed by atoms with Gasteiger partial charge in [0.05, 0.1) is 17.3 Å². The van der Waals surface area contributed by atoms with Gasteiger partial charge in [0.15, 0.2) is 0 Å². The molecule has 0 bridgehead atoms. The number of nitrogens with two attached hydrogens (primary N) is 1. The van der Waals surface area contributed by atoms with E-state index >= 15 is 0 Å². The first kappa shape index (κ1) is 20.5. The molecular weight excluding hydrogens is 330 g/mol. The fourth-order valence-corrected chi connectivity index (χ4v) is 2.62. The van der Waals surface area contributed by atoms with Crippen LogP contribution in [0.25, 0.3) is 0 Å². The van der Waals surface area contributed by atoms with Gasteiger partial charge in [0, 0.05) is 23.9 Å². The van der Waals surface area contributed by atoms with E-state index in [-0.39, 0.29) is 5.25 Å². The molecule has 1 aromatic carbocycles. The van der Waals surface area contributed by atoms with Crippen molar-refractivity contribution in [2.75, 3.05) is 18.1 Å². The number of aldehydes is 1. The number of nitrogens with one attached hydrogen (secondary N) is 1. The van der Waals surface area contributed by atoms with E-state index in [2.05, 4.69) is 16.2 Å². The lowest BCUT2D eigenvalue weighted by atomic mass is 10.1. The van der Waals surface area contributed by atoms with Crippen molar-refractivity contribution in [3.63, 3.8) is 0 Å². The van der Waals surface area contributed by atoms with E-state index in [0.717, 1.165) is 16.8 Å². The van der Waals surface area contributed by atoms with Gasteiger partial charge < -0.3 is 11.1 Å². The van der Waals surface area contributed by atoms with Crippen LogP contribution in [-0.2, 0) is 4.79 Å². The molecule has 0 aliphatic heterocycles. The molecule has 3 N–H and O–H groups in total. The summed E-state index contributed by atoms with van der Waals surface area (Å²) in [6, 6.07) is 7.91. The second kappa shape index (κ2) is 11.9. The maximum absolute atomic E-state index is 11.0. The highest BCUT2D eigenvalue weighted by Crippen LogP contribution is 2.24. The summed E-state index contributed by atoms with van der Waals surface area (Å²) in [4.78, 5) is 15.4. The van der Waals surface area contributed by atoms with Crippen molar-refractivity contribution in [1.29, 1.82) is 0 Å². The van der Waals surface area contributed by atoms with Crippen molar-refractivity contribution in [3.8, 4) is 12.3 Å². The SMILES string of the molecule is C#CC(SC)C(=C\C=CCN)/C(=C/C=O)N=CNc1cccc(C)c1. The fourth-order valence-electron chi connectivity index (χ4n) is 2.03. The molecule has 1 unspecified atom stereocenters. The van der Waals surface area contributed by atoms with E-state index in [1.807, 2.05) is 49.6 Å². The number of hydrogen-bond acceptors (Lipinski definition) is 4. The van der Waals surface area contributed by atoms with E-state index in [9.17, 15) is 4.79 Å². The summed E-state index contributed by atoms with van der Waals surface area (Å²) < 4.78 is 0. The third kappa shape index (κ3) is 7.25. The fraction of sp³-hybridized carbons (Fsp3) is 0.200. The highest BCUT2D eigenvalue weighted by atomic mass is 32.2. The molecule has 0 radical (unpaired) electrons. The summed E-state index contributed by atoms with van der Waals surface area (Å²) in [6.45, 7) is 2.44. The maximum Gasteiger partial charge on any atom is 0.144 e. The molecule has 1 atom stereocenters. The highest BCUT2D eigenvalue weighted by Gasteiger charge is 2.13. The number of benzene rings is 1. The van der Waals surface area contributed by atoms with Crippen LogP contribution in [0, 0.1) is 19.3 Å². The molecule has 0 saturated carbocycles. The number of terminal acetylenes is 1. The minimum Gasteiger partial charge on any atom is -0.346 e. The third-order valence-electron chi connectivity index (χ3n) is 3.19. The third-order valence-corrected chi connectivity index (χ3v) is 4.05. The number of anilines is 1. The zero-order chi connectivity index (χ0) is 18.5. The summed E-state index contributed by atoms with van der Waals surface area (Å²) in [5, 5.41) is 2.88. The first-order valence-corrected chi connectivity index (χ1v) is 9.02. The molecule has 0 spiro atoms. The summed E-state index contributed by atoms with van der Waals surface area (Å²) in [7, 11) is 0. The van der Waals surface area contributed by atoms with Crippen molar-refractivity contribution in [1.82, 2.24) is 0 Å². The number of aryl methyl sites for hydroxylation is 1. The number of carbonyl (C=O) groups is 1. The molecule has 0 amide bonds. The molecule has 130 valence electrons. The van der Waals surface area contributed by atoms with Crippen LogP contribution >= 0.6 is 11.8 Å². The number of aliphatic imine (C=N–C) groups is 1. The van der Waals surface area contributed by atoms with Gasteiger partial charge in [-0.05, 0) is 30.9 Å². The van der Waals surface area contributed by atoms with Gasteiger partial charge in [0.25, 0.3) is 0 Å². The number of carbonyl (C=O) groups excluding carboxylic acids is 1. The van der Waals surface area contributed by atoms with Crippen molar-refractivity contribution < 1.29 is 4.79 Å². The molecule has 0 heterocycles. The Morgan fingerprint density at radius 1 is 1.48 bits per heavy atom. The van der Waals surface area contributed by atoms with E-state index < -0.39 is 0 Å². The zero-order valence-electron chi connectivity index (χ0n) is 14.5. The molecular formula is C20H23N3OS. The minimum absolute atomic E-state index is 0.218. The Labute approximate surface area is 154 Å². The largest absolute Gasteiger partial charge is 0.346 e. The van der Waals surface area contributed by atoms with Gasteiger partial charge in [-0.1, -0.05) is 36.3 Å². The van der Waals surface area contributed by atoms with Gasteiger partial charge in [0.1, 0.15) is 6.29 Å². The topological polar surface area (TPSA) is 67.5 Å². The summed E-state index contributed by atoms with van der Waals surface area (Å²) >= 11 is 1.50. The van der Waals surface area contributed by atoms with Crippen LogP contribution in [-0.4, -0.2) is 30.7 Å². The van der Waals surface area contributed by atoms with Gasteiger partial charge in [-0.3, -0.25) is 4.79 Å². The van der Waals surface area contributed by atoms with Crippen molar-refractivity contribution in [2.45, 2.75) is 12.2 Å². The van der Waals surface area contributed by atoms with Crippen LogP contribution in [0.1, 0.15) is 5.56 Å². The average molecular weight is 353 g/mol. The predicted octanol–water partition coefficient (Wildman–Crippen LogP) is 3.32. The van der Waals surface area contributed by atoms with E-state index in [1.54, 1.807) is 12.4 Å². The van der Waals surface area contributed by atoms with Crippen molar-refractivity contribution in [3.05, 3.63) is 65.4 Å². The van der Waals surface area contributed by atoms with Crippen molar-refractivity contribution in [2.24, 2.45) is 10.7 Å². The smallest absolute Gasteiger partial charge is 0.144 e. The molecule has 25 heavy (non-hydrogen) atoms. The molecule has 1 aromatic rings. The number of hydrogen-bond donors (Lipinski definition) is 2. The molecule has 4 nitrogen and oxygen atoms in total. The van der Waals surface area contributed by atoms with Gasteiger partial charge in [-0.15, -0.1) is 18.2 Å². The Bertz CT molecular complexity index is 727. The summed E-state index contributed by atoms with van der Waals surface area (Å²) in [5.41, 5.74) is 8.82. The van der Waals surface area contributed by atoms with E-state index in [1.165, 1.54) is 17.8 Å². The van der Waals surface area contributed by atoms with Crippen molar-refractivity contribution >= 4 is 30.1 Å². The lowest BCUT2D eigenvalue weighted by molar-refractivity contribution is -0.104. The molecule has 0 aliphatic carbocycles. The van der Waals surface area contributed by atoms with Crippen LogP contribution < -0.4 is 11.1 Å². The van der Waals surface area contributed by atoms with Gasteiger partial charge >= 0.3 is 0 Å². The van der Waals surface area contributed by atoms with Gasteiger partial charge in [0.2, 0.25) is 0 Å². The predicted molar refractivity (Wildman–Crippen MR) is 110 cm³/mol. The lowest BCUT2D eigenvalue weighted by Crippen LogP contribution is -2.07. The van der Waals surface area contributed by atoms with Gasteiger partial charge in [-0.2, -0.15) is 0 Å². The number of nitrogens with zero attached hydrogens (tertiary/aromatic N) is 1. The maximum atomic E-state index is 11.0.